The van der Waals surface area contributed by atoms with Gasteiger partial charge in [-0.15, -0.1) is 0 Å². The molecule has 2 aromatic carbocycles. The highest BCUT2D eigenvalue weighted by atomic mass is 16.4. The molecule has 104 valence electrons. The smallest absolute Gasteiger partial charge is 0.335 e. The molecule has 2 aromatic rings. The Bertz CT molecular complexity index is 762. The van der Waals surface area contributed by atoms with Crippen molar-refractivity contribution in [3.05, 3.63) is 64.0 Å². The first-order chi connectivity index (χ1) is 10.0. The third-order valence-corrected chi connectivity index (χ3v) is 2.84. The first-order valence-electron chi connectivity index (χ1n) is 5.79. The van der Waals surface area contributed by atoms with Gasteiger partial charge in [0.05, 0.1) is 11.1 Å². The van der Waals surface area contributed by atoms with Gasteiger partial charge in [-0.2, -0.15) is 0 Å². The van der Waals surface area contributed by atoms with Crippen LogP contribution in [-0.4, -0.2) is 22.2 Å². The lowest BCUT2D eigenvalue weighted by molar-refractivity contribution is 0.0686. The minimum absolute atomic E-state index is 0.00306. The molecule has 0 aromatic heterocycles. The Kier molecular flexibility index (Phi) is 3.87. The van der Waals surface area contributed by atoms with Gasteiger partial charge in [-0.25, -0.2) is 9.59 Å². The van der Waals surface area contributed by atoms with Crippen molar-refractivity contribution < 1.29 is 19.8 Å². The molecule has 7 nitrogen and oxygen atoms in total. The highest BCUT2D eigenvalue weighted by Gasteiger charge is 2.10. The van der Waals surface area contributed by atoms with Crippen LogP contribution in [0.25, 0.3) is 21.6 Å². The van der Waals surface area contributed by atoms with E-state index in [1.54, 1.807) is 12.1 Å². The lowest BCUT2D eigenvalue weighted by atomic mass is 10.0. The number of aromatic carboxylic acids is 2. The van der Waals surface area contributed by atoms with Gasteiger partial charge in [0.1, 0.15) is 0 Å². The first-order valence-corrected chi connectivity index (χ1v) is 5.79. The van der Waals surface area contributed by atoms with Crippen LogP contribution in [0.1, 0.15) is 20.7 Å². The Balaban J connectivity index is 2.54. The largest absolute Gasteiger partial charge is 0.478 e. The van der Waals surface area contributed by atoms with Gasteiger partial charge >= 0.3 is 11.9 Å². The molecule has 0 unspecified atom stereocenters. The minimum Gasteiger partial charge on any atom is -0.478 e. The molecule has 0 atom stereocenters. The Morgan fingerprint density at radius 2 is 1.52 bits per heavy atom. The molecule has 0 spiro atoms. The fraction of sp³-hybridized carbons (Fsp3) is 0. The Morgan fingerprint density at radius 1 is 0.952 bits per heavy atom. The zero-order valence-electron chi connectivity index (χ0n) is 10.6. The molecular weight excluding hydrogens is 274 g/mol. The average Bonchev–Trinajstić information content (AvgIpc) is 2.47. The second-order valence-corrected chi connectivity index (χ2v) is 4.11. The van der Waals surface area contributed by atoms with Crippen molar-refractivity contribution in [1.82, 2.24) is 0 Å². The van der Waals surface area contributed by atoms with Crippen LogP contribution in [0.2, 0.25) is 0 Å². The predicted molar refractivity (Wildman–Crippen MR) is 74.6 cm³/mol. The van der Waals surface area contributed by atoms with E-state index < -0.39 is 11.9 Å². The number of hydrogen-bond acceptors (Lipinski definition) is 3. The molecule has 0 aliphatic rings. The lowest BCUT2D eigenvalue weighted by Gasteiger charge is -2.07. The molecule has 0 amide bonds. The molecule has 0 bridgehead atoms. The van der Waals surface area contributed by atoms with Crippen molar-refractivity contribution in [3.63, 3.8) is 0 Å². The van der Waals surface area contributed by atoms with Crippen LogP contribution in [-0.2, 0) is 0 Å². The van der Waals surface area contributed by atoms with Gasteiger partial charge in [0.15, 0.2) is 0 Å². The van der Waals surface area contributed by atoms with Crippen LogP contribution in [0.4, 0.5) is 5.69 Å². The Labute approximate surface area is 118 Å². The molecule has 0 saturated heterocycles. The number of nitrogens with zero attached hydrogens (tertiary/aromatic N) is 3. The number of carboxylic acids is 2. The molecule has 0 radical (unpaired) electrons. The SMILES string of the molecule is [N-]=[N+]=Nc1cc(C(=O)O)ccc1-c1ccc(C(=O)O)cc1. The van der Waals surface area contributed by atoms with Crippen molar-refractivity contribution >= 4 is 17.6 Å². The van der Waals surface area contributed by atoms with Crippen molar-refractivity contribution in [2.75, 3.05) is 0 Å². The third-order valence-electron chi connectivity index (χ3n) is 2.84. The molecule has 0 aliphatic carbocycles. The number of hydrogen-bond donors (Lipinski definition) is 2. The summed E-state index contributed by atoms with van der Waals surface area (Å²) >= 11 is 0. The van der Waals surface area contributed by atoms with Crippen LogP contribution >= 0.6 is 0 Å². The molecule has 0 heterocycles. The summed E-state index contributed by atoms with van der Waals surface area (Å²) in [6.07, 6.45) is 0. The van der Waals surface area contributed by atoms with Gasteiger partial charge < -0.3 is 10.2 Å². The van der Waals surface area contributed by atoms with Crippen molar-refractivity contribution in [3.8, 4) is 11.1 Å². The molecule has 2 N–H and O–H groups in total. The maximum absolute atomic E-state index is 10.9. The second-order valence-electron chi connectivity index (χ2n) is 4.11. The number of rotatable bonds is 4. The third kappa shape index (κ3) is 2.99. The highest BCUT2D eigenvalue weighted by Crippen LogP contribution is 2.31. The summed E-state index contributed by atoms with van der Waals surface area (Å²) in [7, 11) is 0. The summed E-state index contributed by atoms with van der Waals surface area (Å²) in [4.78, 5) is 24.4. The van der Waals surface area contributed by atoms with Gasteiger partial charge in [0.2, 0.25) is 0 Å². The van der Waals surface area contributed by atoms with Crippen LogP contribution in [0, 0.1) is 0 Å². The monoisotopic (exact) mass is 283 g/mol. The number of benzene rings is 2. The molecular formula is C14H9N3O4. The highest BCUT2D eigenvalue weighted by molar-refractivity contribution is 5.92. The summed E-state index contributed by atoms with van der Waals surface area (Å²) in [5.74, 6) is -2.17. The van der Waals surface area contributed by atoms with Crippen LogP contribution in [0.3, 0.4) is 0 Å². The fourth-order valence-corrected chi connectivity index (χ4v) is 1.83. The zero-order chi connectivity index (χ0) is 15.4. The average molecular weight is 283 g/mol. The first kappa shape index (κ1) is 14.1. The van der Waals surface area contributed by atoms with Crippen LogP contribution < -0.4 is 0 Å². The topological polar surface area (TPSA) is 123 Å². The van der Waals surface area contributed by atoms with E-state index in [-0.39, 0.29) is 16.8 Å². The van der Waals surface area contributed by atoms with Gasteiger partial charge in [0.25, 0.3) is 0 Å². The Morgan fingerprint density at radius 3 is 2.05 bits per heavy atom. The van der Waals surface area contributed by atoms with E-state index in [0.29, 0.717) is 11.1 Å². The number of carboxylic acid groups (broad SMARTS) is 2. The van der Waals surface area contributed by atoms with E-state index in [4.69, 9.17) is 15.7 Å². The van der Waals surface area contributed by atoms with E-state index >= 15 is 0 Å². The summed E-state index contributed by atoms with van der Waals surface area (Å²) in [6.45, 7) is 0. The summed E-state index contributed by atoms with van der Waals surface area (Å²) in [5.41, 5.74) is 10.0. The quantitative estimate of drug-likeness (QED) is 0.504. The maximum atomic E-state index is 10.9. The van der Waals surface area contributed by atoms with Gasteiger partial charge in [-0.3, -0.25) is 0 Å². The van der Waals surface area contributed by atoms with E-state index in [9.17, 15) is 9.59 Å². The van der Waals surface area contributed by atoms with Crippen LogP contribution in [0.5, 0.6) is 0 Å². The molecule has 0 saturated carbocycles. The summed E-state index contributed by atoms with van der Waals surface area (Å²) in [6, 6.07) is 10.1. The van der Waals surface area contributed by atoms with Gasteiger partial charge in [0, 0.05) is 10.6 Å². The molecule has 21 heavy (non-hydrogen) atoms. The normalized spacial score (nSPS) is 9.71. The molecule has 2 rings (SSSR count). The predicted octanol–water partition coefficient (Wildman–Crippen LogP) is 3.69. The van der Waals surface area contributed by atoms with E-state index in [1.165, 1.54) is 30.3 Å². The lowest BCUT2D eigenvalue weighted by Crippen LogP contribution is -1.96. The standard InChI is InChI=1S/C14H9N3O4/c15-17-16-12-7-10(14(20)21)5-6-11(12)8-1-3-9(4-2-8)13(18)19/h1-7H,(H,18,19)(H,20,21). The van der Waals surface area contributed by atoms with E-state index in [0.717, 1.165) is 0 Å². The van der Waals surface area contributed by atoms with Crippen molar-refractivity contribution in [1.29, 1.82) is 0 Å². The van der Waals surface area contributed by atoms with Crippen LogP contribution in [0.15, 0.2) is 47.6 Å². The number of azide groups is 1. The van der Waals surface area contributed by atoms with E-state index in [2.05, 4.69) is 10.0 Å². The molecule has 7 heteroatoms. The zero-order valence-corrected chi connectivity index (χ0v) is 10.6. The van der Waals surface area contributed by atoms with Gasteiger partial charge in [-0.1, -0.05) is 23.3 Å². The molecule has 0 aliphatic heterocycles. The van der Waals surface area contributed by atoms with E-state index in [1.807, 2.05) is 0 Å². The van der Waals surface area contributed by atoms with Crippen molar-refractivity contribution in [2.24, 2.45) is 5.11 Å². The molecule has 0 fully saturated rings. The van der Waals surface area contributed by atoms with Crippen molar-refractivity contribution in [2.45, 2.75) is 0 Å². The minimum atomic E-state index is -1.13. The summed E-state index contributed by atoms with van der Waals surface area (Å²) < 4.78 is 0. The Hall–Kier alpha value is -3.31. The maximum Gasteiger partial charge on any atom is 0.335 e. The summed E-state index contributed by atoms with van der Waals surface area (Å²) in [5, 5.41) is 21.3. The van der Waals surface area contributed by atoms with Gasteiger partial charge in [-0.05, 0) is 40.9 Å². The second kappa shape index (κ2) is 5.77. The fourth-order valence-electron chi connectivity index (χ4n) is 1.83. The number of carbonyl (C=O) groups is 2.